The van der Waals surface area contributed by atoms with Crippen molar-refractivity contribution < 1.29 is 14.1 Å². The molecule has 0 saturated carbocycles. The third-order valence-electron chi connectivity index (χ3n) is 2.60. The van der Waals surface area contributed by atoms with Crippen molar-refractivity contribution in [2.75, 3.05) is 6.61 Å². The molecule has 0 heterocycles. The maximum absolute atomic E-state index is 12.9. The predicted octanol–water partition coefficient (Wildman–Crippen LogP) is 3.36. The monoisotopic (exact) mass is 261 g/mol. The van der Waals surface area contributed by atoms with Gasteiger partial charge in [0.15, 0.2) is 0 Å². The van der Waals surface area contributed by atoms with Crippen molar-refractivity contribution in [3.8, 4) is 5.75 Å². The molecule has 0 aliphatic heterocycles. The van der Waals surface area contributed by atoms with Crippen molar-refractivity contribution in [3.63, 3.8) is 0 Å². The van der Waals surface area contributed by atoms with Crippen LogP contribution in [0.15, 0.2) is 48.5 Å². The summed E-state index contributed by atoms with van der Waals surface area (Å²) < 4.78 is 18.4. The Bertz CT molecular complexity index is 569. The average molecular weight is 261 g/mol. The van der Waals surface area contributed by atoms with E-state index in [0.29, 0.717) is 18.8 Å². The van der Waals surface area contributed by atoms with E-state index in [1.165, 1.54) is 24.3 Å². The normalized spacial score (nSPS) is 10.2. The number of benzene rings is 2. The first-order chi connectivity index (χ1) is 9.15. The zero-order valence-electron chi connectivity index (χ0n) is 10.1. The summed E-state index contributed by atoms with van der Waals surface area (Å²) >= 11 is 0. The lowest BCUT2D eigenvalue weighted by atomic mass is 10.1. The molecule has 98 valence electrons. The van der Waals surface area contributed by atoms with Gasteiger partial charge in [0, 0.05) is 18.6 Å². The molecule has 0 aromatic heterocycles. The van der Waals surface area contributed by atoms with E-state index >= 15 is 0 Å². The number of hydrogen-bond acceptors (Lipinski definition) is 3. The fourth-order valence-electron chi connectivity index (χ4n) is 1.64. The smallest absolute Gasteiger partial charge is 0.269 e. The molecule has 0 spiro atoms. The van der Waals surface area contributed by atoms with Gasteiger partial charge in [0.1, 0.15) is 11.6 Å². The molecule has 0 aliphatic carbocycles. The summed E-state index contributed by atoms with van der Waals surface area (Å²) in [5.74, 6) is 0.287. The molecular weight excluding hydrogens is 249 g/mol. The topological polar surface area (TPSA) is 52.4 Å². The molecule has 5 heteroatoms. The molecule has 4 nitrogen and oxygen atoms in total. The first kappa shape index (κ1) is 13.0. The van der Waals surface area contributed by atoms with E-state index in [-0.39, 0.29) is 11.5 Å². The van der Waals surface area contributed by atoms with Crippen LogP contribution in [0.2, 0.25) is 0 Å². The molecule has 2 rings (SSSR count). The van der Waals surface area contributed by atoms with Gasteiger partial charge in [0.25, 0.3) is 5.69 Å². The van der Waals surface area contributed by atoms with E-state index in [4.69, 9.17) is 4.74 Å². The van der Waals surface area contributed by atoms with E-state index in [2.05, 4.69) is 0 Å². The Morgan fingerprint density at radius 1 is 1.16 bits per heavy atom. The first-order valence-electron chi connectivity index (χ1n) is 5.77. The lowest BCUT2D eigenvalue weighted by Crippen LogP contribution is -2.01. The Balaban J connectivity index is 1.87. The van der Waals surface area contributed by atoms with Gasteiger partial charge in [0.05, 0.1) is 11.5 Å². The molecule has 0 unspecified atom stereocenters. The second-order valence-electron chi connectivity index (χ2n) is 3.98. The Labute approximate surface area is 109 Å². The minimum absolute atomic E-state index is 0.0254. The van der Waals surface area contributed by atoms with Crippen LogP contribution < -0.4 is 4.74 Å². The number of nitro groups is 1. The lowest BCUT2D eigenvalue weighted by Gasteiger charge is -2.06. The zero-order valence-corrected chi connectivity index (χ0v) is 10.1. The summed E-state index contributed by atoms with van der Waals surface area (Å²) in [4.78, 5) is 10.0. The fourth-order valence-corrected chi connectivity index (χ4v) is 1.64. The second kappa shape index (κ2) is 5.95. The summed E-state index contributed by atoms with van der Waals surface area (Å²) in [6.45, 7) is 0.390. The number of non-ortho nitro benzene ring substituents is 1. The van der Waals surface area contributed by atoms with Crippen molar-refractivity contribution in [1.82, 2.24) is 0 Å². The molecule has 0 radical (unpaired) electrons. The Morgan fingerprint density at radius 3 is 2.53 bits per heavy atom. The zero-order chi connectivity index (χ0) is 13.7. The third kappa shape index (κ3) is 3.77. The minimum Gasteiger partial charge on any atom is -0.493 e. The van der Waals surface area contributed by atoms with Gasteiger partial charge in [-0.05, 0) is 29.8 Å². The number of hydrogen-bond donors (Lipinski definition) is 0. The average Bonchev–Trinajstić information content (AvgIpc) is 2.39. The van der Waals surface area contributed by atoms with Crippen molar-refractivity contribution in [3.05, 3.63) is 70.0 Å². The molecule has 0 saturated heterocycles. The number of rotatable bonds is 5. The molecule has 0 amide bonds. The number of nitro benzene ring substituents is 1. The maximum atomic E-state index is 12.9. The van der Waals surface area contributed by atoms with Crippen LogP contribution >= 0.6 is 0 Å². The maximum Gasteiger partial charge on any atom is 0.269 e. The van der Waals surface area contributed by atoms with Crippen molar-refractivity contribution in [2.24, 2.45) is 0 Å². The largest absolute Gasteiger partial charge is 0.493 e. The number of halogens is 1. The molecule has 0 N–H and O–H groups in total. The van der Waals surface area contributed by atoms with Gasteiger partial charge in [-0.25, -0.2) is 4.39 Å². The van der Waals surface area contributed by atoms with Crippen molar-refractivity contribution in [2.45, 2.75) is 6.42 Å². The lowest BCUT2D eigenvalue weighted by molar-refractivity contribution is -0.384. The Morgan fingerprint density at radius 2 is 1.89 bits per heavy atom. The number of nitrogens with zero attached hydrogens (tertiary/aromatic N) is 1. The van der Waals surface area contributed by atoms with Crippen LogP contribution in [0.1, 0.15) is 5.56 Å². The highest BCUT2D eigenvalue weighted by Gasteiger charge is 2.04. The molecule has 0 atom stereocenters. The predicted molar refractivity (Wildman–Crippen MR) is 68.7 cm³/mol. The Hall–Kier alpha value is -2.43. The standard InChI is InChI=1S/C14H12FNO3/c15-12-3-1-2-11(10-12)8-9-19-14-6-4-13(5-7-14)16(17)18/h1-7,10H,8-9H2. The highest BCUT2D eigenvalue weighted by atomic mass is 19.1. The fraction of sp³-hybridized carbons (Fsp3) is 0.143. The van der Waals surface area contributed by atoms with Crippen LogP contribution in [-0.4, -0.2) is 11.5 Å². The molecular formula is C14H12FNO3. The molecule has 0 fully saturated rings. The van der Waals surface area contributed by atoms with Crippen molar-refractivity contribution in [1.29, 1.82) is 0 Å². The quantitative estimate of drug-likeness (QED) is 0.612. The minimum atomic E-state index is -0.462. The van der Waals surface area contributed by atoms with Gasteiger partial charge in [0.2, 0.25) is 0 Å². The highest BCUT2D eigenvalue weighted by Crippen LogP contribution is 2.17. The Kier molecular flexibility index (Phi) is 4.07. The number of ether oxygens (including phenoxy) is 1. The van der Waals surface area contributed by atoms with E-state index in [9.17, 15) is 14.5 Å². The molecule has 2 aromatic carbocycles. The van der Waals surface area contributed by atoms with Crippen LogP contribution in [0.5, 0.6) is 5.75 Å². The van der Waals surface area contributed by atoms with E-state index in [0.717, 1.165) is 5.56 Å². The SMILES string of the molecule is O=[N+]([O-])c1ccc(OCCc2cccc(F)c2)cc1. The van der Waals surface area contributed by atoms with Crippen molar-refractivity contribution >= 4 is 5.69 Å². The van der Waals surface area contributed by atoms with E-state index in [1.54, 1.807) is 18.2 Å². The summed E-state index contributed by atoms with van der Waals surface area (Å²) in [7, 11) is 0. The van der Waals surface area contributed by atoms with Gasteiger partial charge >= 0.3 is 0 Å². The summed E-state index contributed by atoms with van der Waals surface area (Å²) in [5, 5.41) is 10.5. The summed E-state index contributed by atoms with van der Waals surface area (Å²) in [6, 6.07) is 12.2. The molecule has 0 aliphatic rings. The van der Waals surface area contributed by atoms with Crippen LogP contribution in [0.25, 0.3) is 0 Å². The van der Waals surface area contributed by atoms with E-state index < -0.39 is 4.92 Å². The first-order valence-corrected chi connectivity index (χ1v) is 5.77. The van der Waals surface area contributed by atoms with E-state index in [1.807, 2.05) is 6.07 Å². The second-order valence-corrected chi connectivity index (χ2v) is 3.98. The highest BCUT2D eigenvalue weighted by molar-refractivity contribution is 5.36. The molecule has 19 heavy (non-hydrogen) atoms. The van der Waals surface area contributed by atoms with Crippen LogP contribution in [0.4, 0.5) is 10.1 Å². The van der Waals surface area contributed by atoms with Crippen LogP contribution in [-0.2, 0) is 6.42 Å². The van der Waals surface area contributed by atoms with Crippen LogP contribution in [0.3, 0.4) is 0 Å². The van der Waals surface area contributed by atoms with Gasteiger partial charge in [-0.2, -0.15) is 0 Å². The van der Waals surface area contributed by atoms with Gasteiger partial charge in [-0.1, -0.05) is 12.1 Å². The molecule has 0 bridgehead atoms. The van der Waals surface area contributed by atoms with Gasteiger partial charge in [-0.15, -0.1) is 0 Å². The summed E-state index contributed by atoms with van der Waals surface area (Å²) in [5.41, 5.74) is 0.874. The third-order valence-corrected chi connectivity index (χ3v) is 2.60. The van der Waals surface area contributed by atoms with Crippen LogP contribution in [0, 0.1) is 15.9 Å². The molecule has 2 aromatic rings. The van der Waals surface area contributed by atoms with Gasteiger partial charge < -0.3 is 4.74 Å². The summed E-state index contributed by atoms with van der Waals surface area (Å²) in [6.07, 6.45) is 0.578. The van der Waals surface area contributed by atoms with Gasteiger partial charge in [-0.3, -0.25) is 10.1 Å².